The Kier molecular flexibility index (Phi) is 3.74. The van der Waals surface area contributed by atoms with Gasteiger partial charge in [0, 0.05) is 20.2 Å². The SMILES string of the molecule is CNCc1nnc(N2CCCC(OC)C2)o1. The number of anilines is 1. The van der Waals surface area contributed by atoms with Gasteiger partial charge in [0.2, 0.25) is 5.89 Å². The summed E-state index contributed by atoms with van der Waals surface area (Å²) in [6.45, 7) is 2.40. The van der Waals surface area contributed by atoms with E-state index in [1.54, 1.807) is 7.11 Å². The molecule has 6 heteroatoms. The summed E-state index contributed by atoms with van der Waals surface area (Å²) < 4.78 is 10.9. The first kappa shape index (κ1) is 11.3. The molecule has 0 radical (unpaired) electrons. The van der Waals surface area contributed by atoms with Crippen LogP contribution in [0.2, 0.25) is 0 Å². The molecule has 1 unspecified atom stereocenters. The number of aromatic nitrogens is 2. The van der Waals surface area contributed by atoms with Crippen molar-refractivity contribution in [3.63, 3.8) is 0 Å². The number of nitrogens with zero attached hydrogens (tertiary/aromatic N) is 3. The Bertz CT molecular complexity index is 328. The van der Waals surface area contributed by atoms with Crippen LogP contribution in [-0.2, 0) is 11.3 Å². The monoisotopic (exact) mass is 226 g/mol. The quantitative estimate of drug-likeness (QED) is 0.802. The maximum absolute atomic E-state index is 5.54. The standard InChI is InChI=1S/C10H18N4O2/c1-11-6-9-12-13-10(16-9)14-5-3-4-8(7-14)15-2/h8,11H,3-7H2,1-2H3. The number of methoxy groups -OCH3 is 1. The van der Waals surface area contributed by atoms with Gasteiger partial charge in [0.1, 0.15) is 0 Å². The van der Waals surface area contributed by atoms with Gasteiger partial charge in [-0.2, -0.15) is 0 Å². The van der Waals surface area contributed by atoms with Gasteiger partial charge in [0.25, 0.3) is 0 Å². The zero-order chi connectivity index (χ0) is 11.4. The van der Waals surface area contributed by atoms with Gasteiger partial charge in [-0.1, -0.05) is 5.10 Å². The van der Waals surface area contributed by atoms with E-state index in [-0.39, 0.29) is 6.10 Å². The van der Waals surface area contributed by atoms with E-state index in [9.17, 15) is 0 Å². The van der Waals surface area contributed by atoms with E-state index in [2.05, 4.69) is 20.4 Å². The molecule has 1 saturated heterocycles. The molecule has 1 fully saturated rings. The first-order valence-electron chi connectivity index (χ1n) is 5.58. The lowest BCUT2D eigenvalue weighted by Crippen LogP contribution is -2.39. The summed E-state index contributed by atoms with van der Waals surface area (Å²) in [6, 6.07) is 0.604. The molecule has 1 aromatic rings. The van der Waals surface area contributed by atoms with Crippen molar-refractivity contribution in [2.45, 2.75) is 25.5 Å². The average Bonchev–Trinajstić information content (AvgIpc) is 2.78. The third-order valence-electron chi connectivity index (χ3n) is 2.77. The molecular weight excluding hydrogens is 208 g/mol. The minimum absolute atomic E-state index is 0.272. The Labute approximate surface area is 95.0 Å². The molecule has 2 heterocycles. The summed E-state index contributed by atoms with van der Waals surface area (Å²) in [4.78, 5) is 2.09. The molecule has 1 aliphatic heterocycles. The van der Waals surface area contributed by atoms with E-state index in [4.69, 9.17) is 9.15 Å². The molecule has 0 spiro atoms. The molecule has 0 aromatic carbocycles. The summed E-state index contributed by atoms with van der Waals surface area (Å²) >= 11 is 0. The van der Waals surface area contributed by atoms with Crippen LogP contribution in [0.3, 0.4) is 0 Å². The number of hydrogen-bond acceptors (Lipinski definition) is 6. The number of hydrogen-bond donors (Lipinski definition) is 1. The number of ether oxygens (including phenoxy) is 1. The van der Waals surface area contributed by atoms with Crippen molar-refractivity contribution >= 4 is 6.01 Å². The molecule has 6 nitrogen and oxygen atoms in total. The lowest BCUT2D eigenvalue weighted by Gasteiger charge is -2.30. The van der Waals surface area contributed by atoms with Crippen molar-refractivity contribution < 1.29 is 9.15 Å². The van der Waals surface area contributed by atoms with Gasteiger partial charge in [-0.15, -0.1) is 5.10 Å². The van der Waals surface area contributed by atoms with Gasteiger partial charge in [-0.3, -0.25) is 0 Å². The molecule has 0 bridgehead atoms. The van der Waals surface area contributed by atoms with Crippen LogP contribution < -0.4 is 10.2 Å². The lowest BCUT2D eigenvalue weighted by atomic mass is 10.1. The van der Waals surface area contributed by atoms with Gasteiger partial charge < -0.3 is 19.4 Å². The van der Waals surface area contributed by atoms with Crippen LogP contribution in [0.1, 0.15) is 18.7 Å². The van der Waals surface area contributed by atoms with E-state index < -0.39 is 0 Å². The van der Waals surface area contributed by atoms with Crippen LogP contribution in [0.25, 0.3) is 0 Å². The molecule has 0 saturated carbocycles. The maximum atomic E-state index is 5.54. The molecule has 1 aliphatic rings. The van der Waals surface area contributed by atoms with E-state index in [1.165, 1.54) is 0 Å². The van der Waals surface area contributed by atoms with Gasteiger partial charge >= 0.3 is 6.01 Å². The van der Waals surface area contributed by atoms with Gasteiger partial charge in [-0.05, 0) is 19.9 Å². The van der Waals surface area contributed by atoms with Crippen LogP contribution in [0.4, 0.5) is 6.01 Å². The highest BCUT2D eigenvalue weighted by molar-refractivity contribution is 5.25. The van der Waals surface area contributed by atoms with Crippen LogP contribution >= 0.6 is 0 Å². The summed E-state index contributed by atoms with van der Waals surface area (Å²) in [6.07, 6.45) is 2.47. The summed E-state index contributed by atoms with van der Waals surface area (Å²) in [5, 5.41) is 11.0. The van der Waals surface area contributed by atoms with Crippen molar-refractivity contribution in [2.24, 2.45) is 0 Å². The zero-order valence-electron chi connectivity index (χ0n) is 9.77. The molecule has 90 valence electrons. The maximum Gasteiger partial charge on any atom is 0.318 e. The van der Waals surface area contributed by atoms with Crippen LogP contribution in [0, 0.1) is 0 Å². The predicted molar refractivity (Wildman–Crippen MR) is 59.3 cm³/mol. The highest BCUT2D eigenvalue weighted by Crippen LogP contribution is 2.19. The number of rotatable bonds is 4. The van der Waals surface area contributed by atoms with E-state index >= 15 is 0 Å². The Balaban J connectivity index is 1.99. The van der Waals surface area contributed by atoms with Crippen molar-refractivity contribution in [2.75, 3.05) is 32.1 Å². The molecule has 1 atom stereocenters. The number of piperidine rings is 1. The van der Waals surface area contributed by atoms with Crippen molar-refractivity contribution in [3.8, 4) is 0 Å². The third-order valence-corrected chi connectivity index (χ3v) is 2.77. The van der Waals surface area contributed by atoms with Crippen LogP contribution in [-0.4, -0.2) is 43.5 Å². The Morgan fingerprint density at radius 2 is 2.44 bits per heavy atom. The highest BCUT2D eigenvalue weighted by atomic mass is 16.5. The molecule has 16 heavy (non-hydrogen) atoms. The Hall–Kier alpha value is -1.14. The smallest absolute Gasteiger partial charge is 0.318 e. The van der Waals surface area contributed by atoms with Crippen molar-refractivity contribution in [3.05, 3.63) is 5.89 Å². The predicted octanol–water partition coefficient (Wildman–Crippen LogP) is 0.404. The molecule has 0 amide bonds. The second-order valence-corrected chi connectivity index (χ2v) is 3.95. The normalized spacial score (nSPS) is 21.4. The largest absolute Gasteiger partial charge is 0.407 e. The van der Waals surface area contributed by atoms with Gasteiger partial charge in [0.15, 0.2) is 0 Å². The lowest BCUT2D eigenvalue weighted by molar-refractivity contribution is 0.0879. The second-order valence-electron chi connectivity index (χ2n) is 3.95. The topological polar surface area (TPSA) is 63.4 Å². The molecular formula is C10H18N4O2. The van der Waals surface area contributed by atoms with Crippen LogP contribution in [0.15, 0.2) is 4.42 Å². The third kappa shape index (κ3) is 2.51. The van der Waals surface area contributed by atoms with Crippen molar-refractivity contribution in [1.82, 2.24) is 15.5 Å². The van der Waals surface area contributed by atoms with Crippen molar-refractivity contribution in [1.29, 1.82) is 0 Å². The average molecular weight is 226 g/mol. The fourth-order valence-electron chi connectivity index (χ4n) is 1.90. The number of nitrogens with one attached hydrogen (secondary N) is 1. The van der Waals surface area contributed by atoms with E-state index in [1.807, 2.05) is 7.05 Å². The molecule has 1 aromatic heterocycles. The summed E-state index contributed by atoms with van der Waals surface area (Å²) in [7, 11) is 3.60. The zero-order valence-corrected chi connectivity index (χ0v) is 9.77. The van der Waals surface area contributed by atoms with E-state index in [0.29, 0.717) is 18.5 Å². The Morgan fingerprint density at radius 1 is 1.56 bits per heavy atom. The minimum Gasteiger partial charge on any atom is -0.407 e. The Morgan fingerprint density at radius 3 is 3.19 bits per heavy atom. The van der Waals surface area contributed by atoms with E-state index in [0.717, 1.165) is 25.9 Å². The first-order chi connectivity index (χ1) is 7.83. The molecule has 2 rings (SSSR count). The molecule has 1 N–H and O–H groups in total. The fraction of sp³-hybridized carbons (Fsp3) is 0.800. The highest BCUT2D eigenvalue weighted by Gasteiger charge is 2.23. The van der Waals surface area contributed by atoms with Crippen LogP contribution in [0.5, 0.6) is 0 Å². The second kappa shape index (κ2) is 5.27. The summed E-state index contributed by atoms with van der Waals surface area (Å²) in [5.74, 6) is 0.622. The van der Waals surface area contributed by atoms with Gasteiger partial charge in [0.05, 0.1) is 12.6 Å². The minimum atomic E-state index is 0.272. The summed E-state index contributed by atoms with van der Waals surface area (Å²) in [5.41, 5.74) is 0. The molecule has 0 aliphatic carbocycles. The van der Waals surface area contributed by atoms with Gasteiger partial charge in [-0.25, -0.2) is 0 Å². The first-order valence-corrected chi connectivity index (χ1v) is 5.58. The fourth-order valence-corrected chi connectivity index (χ4v) is 1.90.